The normalized spacial score (nSPS) is 22.8. The highest BCUT2D eigenvalue weighted by atomic mass is 32.2. The first-order chi connectivity index (χ1) is 12.0. The number of sulfone groups is 1. The zero-order valence-electron chi connectivity index (χ0n) is 16.2. The molecule has 2 rings (SSSR count). The van der Waals surface area contributed by atoms with Gasteiger partial charge in [-0.15, -0.1) is 0 Å². The molecule has 1 atom stereocenters. The van der Waals surface area contributed by atoms with Crippen LogP contribution in [0.5, 0.6) is 0 Å². The number of ketones is 1. The van der Waals surface area contributed by atoms with Crippen molar-refractivity contribution >= 4 is 26.4 Å². The van der Waals surface area contributed by atoms with Crippen molar-refractivity contribution in [1.29, 1.82) is 0 Å². The quantitative estimate of drug-likeness (QED) is 0.735. The standard InChI is InChI=1S/C20H30O4S2/c1-20(2,3)26(23,24)14-16-5-9-17(10-6-16)19(21)13-15-7-11-18(12-8-15)25(4)22/h7-8,11-12,16-17H,5-6,9-10,13-14H2,1-4H3. The largest absolute Gasteiger partial charge is 0.299 e. The number of carbonyl (C=O) groups is 1. The molecule has 0 radical (unpaired) electrons. The Labute approximate surface area is 160 Å². The molecular formula is C20H30O4S2. The fourth-order valence-electron chi connectivity index (χ4n) is 3.36. The van der Waals surface area contributed by atoms with Crippen LogP contribution < -0.4 is 0 Å². The fraction of sp³-hybridized carbons (Fsp3) is 0.650. The van der Waals surface area contributed by atoms with Gasteiger partial charge in [0.25, 0.3) is 0 Å². The third kappa shape index (κ3) is 5.49. The van der Waals surface area contributed by atoms with Crippen molar-refractivity contribution < 1.29 is 17.4 Å². The molecule has 1 fully saturated rings. The first-order valence-corrected chi connectivity index (χ1v) is 12.4. The van der Waals surface area contributed by atoms with Gasteiger partial charge in [-0.25, -0.2) is 8.42 Å². The van der Waals surface area contributed by atoms with E-state index >= 15 is 0 Å². The van der Waals surface area contributed by atoms with Gasteiger partial charge in [0.1, 0.15) is 5.78 Å². The van der Waals surface area contributed by atoms with Crippen LogP contribution >= 0.6 is 0 Å². The Balaban J connectivity index is 1.87. The first-order valence-electron chi connectivity index (χ1n) is 9.17. The number of benzene rings is 1. The van der Waals surface area contributed by atoms with E-state index in [0.717, 1.165) is 36.1 Å². The number of hydrogen-bond donors (Lipinski definition) is 0. The van der Waals surface area contributed by atoms with E-state index in [1.54, 1.807) is 27.0 Å². The Morgan fingerprint density at radius 3 is 2.08 bits per heavy atom. The van der Waals surface area contributed by atoms with Crippen molar-refractivity contribution in [2.24, 2.45) is 11.8 Å². The lowest BCUT2D eigenvalue weighted by atomic mass is 9.79. The maximum Gasteiger partial charge on any atom is 0.155 e. The Hall–Kier alpha value is -1.01. The van der Waals surface area contributed by atoms with Gasteiger partial charge in [0.05, 0.1) is 10.5 Å². The van der Waals surface area contributed by atoms with Crippen molar-refractivity contribution in [2.45, 2.75) is 62.5 Å². The van der Waals surface area contributed by atoms with E-state index in [9.17, 15) is 17.4 Å². The van der Waals surface area contributed by atoms with E-state index in [2.05, 4.69) is 0 Å². The summed E-state index contributed by atoms with van der Waals surface area (Å²) in [5.41, 5.74) is 0.946. The topological polar surface area (TPSA) is 68.3 Å². The number of Topliss-reactive ketones (excluding diaryl/α,β-unsaturated/α-hetero) is 1. The summed E-state index contributed by atoms with van der Waals surface area (Å²) in [5, 5.41) is 0. The molecule has 1 aliphatic rings. The van der Waals surface area contributed by atoms with Crippen molar-refractivity contribution in [3.63, 3.8) is 0 Å². The second kappa shape index (κ2) is 8.34. The van der Waals surface area contributed by atoms with Gasteiger partial charge in [0.15, 0.2) is 9.84 Å². The highest BCUT2D eigenvalue weighted by molar-refractivity contribution is 7.92. The molecule has 26 heavy (non-hydrogen) atoms. The number of carbonyl (C=O) groups excluding carboxylic acids is 1. The van der Waals surface area contributed by atoms with Gasteiger partial charge in [0.2, 0.25) is 0 Å². The third-order valence-corrected chi connectivity index (χ3v) is 9.04. The molecule has 1 aromatic rings. The maximum absolute atomic E-state index is 12.6. The van der Waals surface area contributed by atoms with Crippen molar-refractivity contribution in [1.82, 2.24) is 0 Å². The Morgan fingerprint density at radius 1 is 1.08 bits per heavy atom. The van der Waals surface area contributed by atoms with Gasteiger partial charge in [-0.1, -0.05) is 12.1 Å². The number of rotatable bonds is 6. The highest BCUT2D eigenvalue weighted by Crippen LogP contribution is 2.33. The van der Waals surface area contributed by atoms with E-state index in [1.165, 1.54) is 0 Å². The van der Waals surface area contributed by atoms with Crippen LogP contribution in [0.15, 0.2) is 29.2 Å². The zero-order chi connectivity index (χ0) is 19.5. The lowest BCUT2D eigenvalue weighted by Crippen LogP contribution is -2.35. The summed E-state index contributed by atoms with van der Waals surface area (Å²) in [7, 11) is -4.11. The van der Waals surface area contributed by atoms with Gasteiger partial charge >= 0.3 is 0 Å². The Kier molecular flexibility index (Phi) is 6.83. The van der Waals surface area contributed by atoms with Gasteiger partial charge in [-0.05, 0) is 70.1 Å². The molecule has 0 saturated heterocycles. The minimum atomic E-state index is -3.10. The van der Waals surface area contributed by atoms with Crippen LogP contribution in [-0.4, -0.2) is 35.2 Å². The monoisotopic (exact) mass is 398 g/mol. The predicted octanol–water partition coefficient (Wildman–Crippen LogP) is 3.56. The molecule has 4 nitrogen and oxygen atoms in total. The van der Waals surface area contributed by atoms with Gasteiger partial charge in [-0.3, -0.25) is 9.00 Å². The van der Waals surface area contributed by atoms with E-state index in [4.69, 9.17) is 0 Å². The van der Waals surface area contributed by atoms with Crippen LogP contribution in [0.3, 0.4) is 0 Å². The van der Waals surface area contributed by atoms with E-state index in [0.29, 0.717) is 6.42 Å². The van der Waals surface area contributed by atoms with Crippen LogP contribution in [0.25, 0.3) is 0 Å². The first kappa shape index (κ1) is 21.3. The lowest BCUT2D eigenvalue weighted by molar-refractivity contribution is -0.123. The molecule has 0 heterocycles. The Bertz CT molecular complexity index is 750. The van der Waals surface area contributed by atoms with Crippen LogP contribution in [0.4, 0.5) is 0 Å². The third-order valence-electron chi connectivity index (χ3n) is 5.32. The second-order valence-corrected chi connectivity index (χ2v) is 12.5. The molecule has 146 valence electrons. The van der Waals surface area contributed by atoms with Crippen molar-refractivity contribution in [3.8, 4) is 0 Å². The summed E-state index contributed by atoms with van der Waals surface area (Å²) < 4.78 is 35.4. The van der Waals surface area contributed by atoms with E-state index < -0.39 is 25.4 Å². The highest BCUT2D eigenvalue weighted by Gasteiger charge is 2.34. The van der Waals surface area contributed by atoms with Crippen LogP contribution in [-0.2, 0) is 31.9 Å². The molecular weight excluding hydrogens is 368 g/mol. The molecule has 1 aliphatic carbocycles. The maximum atomic E-state index is 12.6. The van der Waals surface area contributed by atoms with Gasteiger partial charge in [-0.2, -0.15) is 0 Å². The molecule has 0 aliphatic heterocycles. The Morgan fingerprint density at radius 2 is 1.62 bits per heavy atom. The van der Waals surface area contributed by atoms with Crippen molar-refractivity contribution in [2.75, 3.05) is 12.0 Å². The van der Waals surface area contributed by atoms with E-state index in [1.807, 2.05) is 24.3 Å². The average molecular weight is 399 g/mol. The van der Waals surface area contributed by atoms with Crippen LogP contribution in [0.2, 0.25) is 0 Å². The summed E-state index contributed by atoms with van der Waals surface area (Å²) in [4.78, 5) is 13.3. The minimum Gasteiger partial charge on any atom is -0.299 e. The molecule has 0 amide bonds. The van der Waals surface area contributed by atoms with E-state index in [-0.39, 0.29) is 23.4 Å². The molecule has 0 spiro atoms. The van der Waals surface area contributed by atoms with Gasteiger partial charge in [0, 0.05) is 34.3 Å². The SMILES string of the molecule is CS(=O)c1ccc(CC(=O)C2CCC(CS(=O)(=O)C(C)(C)C)CC2)cc1. The minimum absolute atomic E-state index is 0.0311. The molecule has 6 heteroatoms. The summed E-state index contributed by atoms with van der Waals surface area (Å²) in [6.07, 6.45) is 5.20. The molecule has 0 N–H and O–H groups in total. The summed E-state index contributed by atoms with van der Waals surface area (Å²) in [6.45, 7) is 5.24. The van der Waals surface area contributed by atoms with Crippen LogP contribution in [0.1, 0.15) is 52.0 Å². The van der Waals surface area contributed by atoms with Crippen LogP contribution in [0, 0.1) is 11.8 Å². The average Bonchev–Trinajstić information content (AvgIpc) is 2.54. The smallest absolute Gasteiger partial charge is 0.155 e. The lowest BCUT2D eigenvalue weighted by Gasteiger charge is -2.30. The predicted molar refractivity (Wildman–Crippen MR) is 106 cm³/mol. The summed E-state index contributed by atoms with van der Waals surface area (Å²) in [6, 6.07) is 7.37. The van der Waals surface area contributed by atoms with Gasteiger partial charge < -0.3 is 0 Å². The van der Waals surface area contributed by atoms with Crippen molar-refractivity contribution in [3.05, 3.63) is 29.8 Å². The molecule has 1 saturated carbocycles. The molecule has 0 bridgehead atoms. The summed E-state index contributed by atoms with van der Waals surface area (Å²) >= 11 is 0. The molecule has 0 aromatic heterocycles. The fourth-order valence-corrected chi connectivity index (χ4v) is 5.33. The molecule has 1 aromatic carbocycles. The molecule has 1 unspecified atom stereocenters. The zero-order valence-corrected chi connectivity index (χ0v) is 17.8. The second-order valence-electron chi connectivity index (χ2n) is 8.35. The number of hydrogen-bond acceptors (Lipinski definition) is 4. The summed E-state index contributed by atoms with van der Waals surface area (Å²) in [5.74, 6) is 0.658.